The van der Waals surface area contributed by atoms with Crippen LogP contribution in [0.3, 0.4) is 0 Å². The second-order valence-electron chi connectivity index (χ2n) is 7.96. The molecule has 1 aliphatic carbocycles. The van der Waals surface area contributed by atoms with Gasteiger partial charge in [-0.1, -0.05) is 23.7 Å². The molecule has 0 saturated heterocycles. The zero-order valence-electron chi connectivity index (χ0n) is 17.1. The van der Waals surface area contributed by atoms with Gasteiger partial charge in [0, 0.05) is 34.6 Å². The van der Waals surface area contributed by atoms with Crippen LogP contribution in [0.4, 0.5) is 5.69 Å². The lowest BCUT2D eigenvalue weighted by Crippen LogP contribution is -2.20. The number of H-pyrrole nitrogens is 1. The Morgan fingerprint density at radius 2 is 1.97 bits per heavy atom. The van der Waals surface area contributed by atoms with Crippen molar-refractivity contribution in [3.8, 4) is 0 Å². The second-order valence-corrected chi connectivity index (χ2v) is 8.40. The highest BCUT2D eigenvalue weighted by Gasteiger charge is 2.31. The molecule has 0 radical (unpaired) electrons. The molecule has 32 heavy (non-hydrogen) atoms. The molecule has 0 aliphatic heterocycles. The summed E-state index contributed by atoms with van der Waals surface area (Å²) in [4.78, 5) is 38.9. The molecule has 4 rings (SSSR count). The molecule has 0 fully saturated rings. The number of hydrogen-bond donors (Lipinski definition) is 5. The van der Waals surface area contributed by atoms with E-state index in [4.69, 9.17) is 17.3 Å². The maximum Gasteiger partial charge on any atom is 0.352 e. The molecule has 9 heteroatoms. The van der Waals surface area contributed by atoms with E-state index in [0.717, 1.165) is 16.5 Å². The Morgan fingerprint density at radius 1 is 1.19 bits per heavy atom. The third kappa shape index (κ3) is 4.19. The molecular weight excluding hydrogens is 434 g/mol. The largest absolute Gasteiger partial charge is 0.481 e. The third-order valence-electron chi connectivity index (χ3n) is 5.82. The summed E-state index contributed by atoms with van der Waals surface area (Å²) in [5, 5.41) is 23.0. The normalized spacial score (nSPS) is 15.0. The predicted molar refractivity (Wildman–Crippen MR) is 120 cm³/mol. The number of aryl methyl sites for hydroxylation is 1. The monoisotopic (exact) mass is 455 g/mol. The standard InChI is InChI=1S/C23H22ClN3O5/c24-15-6-12-2-3-13(21-20(12)17(9-15)27-22(21)23(31)32)7-18(28)26-16-4-1-11(10-25)5-14(16)8-19(29)30/h1,4-6,9,13,27H,2-3,7-8,10,25H2,(H,26,28)(H,29,30)(H,31,32)/t13-/m0/s1. The van der Waals surface area contributed by atoms with E-state index < -0.39 is 11.9 Å². The summed E-state index contributed by atoms with van der Waals surface area (Å²) >= 11 is 6.17. The van der Waals surface area contributed by atoms with Crippen molar-refractivity contribution < 1.29 is 24.6 Å². The number of aromatic carboxylic acids is 1. The van der Waals surface area contributed by atoms with Crippen molar-refractivity contribution in [3.05, 3.63) is 63.3 Å². The molecule has 1 heterocycles. The van der Waals surface area contributed by atoms with Gasteiger partial charge in [-0.05, 0) is 59.2 Å². The molecule has 1 aliphatic rings. The van der Waals surface area contributed by atoms with Crippen LogP contribution in [-0.2, 0) is 29.0 Å². The van der Waals surface area contributed by atoms with Crippen molar-refractivity contribution in [2.75, 3.05) is 5.32 Å². The first-order valence-electron chi connectivity index (χ1n) is 10.2. The van der Waals surface area contributed by atoms with Gasteiger partial charge in [0.15, 0.2) is 0 Å². The Morgan fingerprint density at radius 3 is 2.66 bits per heavy atom. The number of carboxylic acids is 2. The summed E-state index contributed by atoms with van der Waals surface area (Å²) in [6.45, 7) is 0.258. The van der Waals surface area contributed by atoms with E-state index in [1.54, 1.807) is 24.3 Å². The second kappa shape index (κ2) is 8.64. The van der Waals surface area contributed by atoms with Gasteiger partial charge in [-0.15, -0.1) is 0 Å². The van der Waals surface area contributed by atoms with Gasteiger partial charge in [0.25, 0.3) is 0 Å². The molecule has 0 saturated carbocycles. The zero-order chi connectivity index (χ0) is 23.0. The summed E-state index contributed by atoms with van der Waals surface area (Å²) in [5.41, 5.74) is 9.58. The Labute approximate surface area is 188 Å². The number of aromatic nitrogens is 1. The minimum Gasteiger partial charge on any atom is -0.481 e. The van der Waals surface area contributed by atoms with Gasteiger partial charge in [-0.3, -0.25) is 9.59 Å². The van der Waals surface area contributed by atoms with Crippen LogP contribution in [0.25, 0.3) is 10.9 Å². The average Bonchev–Trinajstić information content (AvgIpc) is 3.11. The fourth-order valence-electron chi connectivity index (χ4n) is 4.49. The smallest absolute Gasteiger partial charge is 0.352 e. The predicted octanol–water partition coefficient (Wildman–Crippen LogP) is 3.66. The molecule has 0 bridgehead atoms. The van der Waals surface area contributed by atoms with Crippen molar-refractivity contribution in [2.24, 2.45) is 5.73 Å². The Balaban J connectivity index is 1.63. The zero-order valence-corrected chi connectivity index (χ0v) is 17.8. The fraction of sp³-hybridized carbons (Fsp3) is 0.261. The lowest BCUT2D eigenvalue weighted by molar-refractivity contribution is -0.136. The van der Waals surface area contributed by atoms with Gasteiger partial charge >= 0.3 is 11.9 Å². The van der Waals surface area contributed by atoms with Gasteiger partial charge in [0.1, 0.15) is 5.69 Å². The van der Waals surface area contributed by atoms with Crippen molar-refractivity contribution in [3.63, 3.8) is 0 Å². The van der Waals surface area contributed by atoms with Crippen LogP contribution < -0.4 is 11.1 Å². The first-order valence-corrected chi connectivity index (χ1v) is 10.6. The molecule has 8 nitrogen and oxygen atoms in total. The molecule has 6 N–H and O–H groups in total. The van der Waals surface area contributed by atoms with Crippen LogP contribution in [0.15, 0.2) is 30.3 Å². The number of rotatable bonds is 7. The Hall–Kier alpha value is -3.36. The topological polar surface area (TPSA) is 146 Å². The number of anilines is 1. The maximum atomic E-state index is 12.9. The molecular formula is C23H22ClN3O5. The van der Waals surface area contributed by atoms with E-state index in [0.29, 0.717) is 40.2 Å². The minimum atomic E-state index is -1.09. The van der Waals surface area contributed by atoms with Gasteiger partial charge in [-0.2, -0.15) is 0 Å². The van der Waals surface area contributed by atoms with Crippen molar-refractivity contribution in [1.29, 1.82) is 0 Å². The summed E-state index contributed by atoms with van der Waals surface area (Å²) in [7, 11) is 0. The summed E-state index contributed by atoms with van der Waals surface area (Å²) in [5.74, 6) is -2.72. The molecule has 2 aromatic carbocycles. The molecule has 166 valence electrons. The molecule has 1 amide bonds. The number of nitrogens with one attached hydrogen (secondary N) is 2. The van der Waals surface area contributed by atoms with Gasteiger partial charge in [0.2, 0.25) is 5.91 Å². The van der Waals surface area contributed by atoms with Crippen LogP contribution in [0.5, 0.6) is 0 Å². The SMILES string of the molecule is NCc1ccc(NC(=O)C[C@@H]2CCc3cc(Cl)cc4[nH]c(C(=O)O)c2c34)c(CC(=O)O)c1. The quantitative estimate of drug-likeness (QED) is 0.367. The number of amides is 1. The van der Waals surface area contributed by atoms with Crippen molar-refractivity contribution in [2.45, 2.75) is 38.1 Å². The first-order chi connectivity index (χ1) is 15.3. The van der Waals surface area contributed by atoms with E-state index >= 15 is 0 Å². The van der Waals surface area contributed by atoms with E-state index in [-0.39, 0.29) is 36.9 Å². The Bertz CT molecular complexity index is 1250. The highest BCUT2D eigenvalue weighted by molar-refractivity contribution is 6.31. The number of carbonyl (C=O) groups is 3. The Kier molecular flexibility index (Phi) is 5.90. The average molecular weight is 456 g/mol. The van der Waals surface area contributed by atoms with Crippen molar-refractivity contribution in [1.82, 2.24) is 4.98 Å². The van der Waals surface area contributed by atoms with Crippen LogP contribution in [-0.4, -0.2) is 33.0 Å². The molecule has 0 spiro atoms. The molecule has 3 aromatic rings. The lowest BCUT2D eigenvalue weighted by atomic mass is 9.81. The van der Waals surface area contributed by atoms with Crippen LogP contribution in [0.2, 0.25) is 5.02 Å². The number of carbonyl (C=O) groups excluding carboxylic acids is 1. The molecule has 1 aromatic heterocycles. The number of aromatic amines is 1. The van der Waals surface area contributed by atoms with Gasteiger partial charge < -0.3 is 26.2 Å². The summed E-state index contributed by atoms with van der Waals surface area (Å²) in [6.07, 6.45) is 1.10. The van der Waals surface area contributed by atoms with E-state index in [2.05, 4.69) is 10.3 Å². The first kappa shape index (κ1) is 21.9. The lowest BCUT2D eigenvalue weighted by Gasteiger charge is -2.23. The highest BCUT2D eigenvalue weighted by atomic mass is 35.5. The number of halogens is 1. The van der Waals surface area contributed by atoms with E-state index in [1.807, 2.05) is 6.07 Å². The minimum absolute atomic E-state index is 0.0693. The molecule has 0 unspecified atom stereocenters. The van der Waals surface area contributed by atoms with E-state index in [9.17, 15) is 24.6 Å². The van der Waals surface area contributed by atoms with Crippen LogP contribution in [0.1, 0.15) is 51.5 Å². The fourth-order valence-corrected chi connectivity index (χ4v) is 4.73. The van der Waals surface area contributed by atoms with Crippen LogP contribution in [0, 0.1) is 0 Å². The molecule has 1 atom stereocenters. The van der Waals surface area contributed by atoms with E-state index in [1.165, 1.54) is 0 Å². The van der Waals surface area contributed by atoms with Crippen LogP contribution >= 0.6 is 11.6 Å². The van der Waals surface area contributed by atoms with Gasteiger partial charge in [-0.25, -0.2) is 4.79 Å². The summed E-state index contributed by atoms with van der Waals surface area (Å²) in [6, 6.07) is 8.58. The number of aliphatic carboxylic acids is 1. The number of carboxylic acid groups (broad SMARTS) is 2. The number of benzene rings is 2. The number of nitrogens with two attached hydrogens (primary N) is 1. The number of hydrogen-bond acceptors (Lipinski definition) is 4. The summed E-state index contributed by atoms with van der Waals surface area (Å²) < 4.78 is 0. The van der Waals surface area contributed by atoms with Crippen molar-refractivity contribution >= 4 is 46.0 Å². The highest BCUT2D eigenvalue weighted by Crippen LogP contribution is 2.42. The van der Waals surface area contributed by atoms with Gasteiger partial charge in [0.05, 0.1) is 6.42 Å². The third-order valence-corrected chi connectivity index (χ3v) is 6.04. The maximum absolute atomic E-state index is 12.9.